The second kappa shape index (κ2) is 7.09. The number of likely N-dealkylation sites (tertiary alicyclic amines) is 1. The molecule has 0 unspecified atom stereocenters. The third-order valence-electron chi connectivity index (χ3n) is 4.66. The highest BCUT2D eigenvalue weighted by Gasteiger charge is 2.25. The predicted molar refractivity (Wildman–Crippen MR) is 86.2 cm³/mol. The Labute approximate surface area is 131 Å². The maximum atomic E-state index is 10.5. The highest BCUT2D eigenvalue weighted by atomic mass is 16.4. The Hall–Kier alpha value is -1.62. The summed E-state index contributed by atoms with van der Waals surface area (Å²) in [4.78, 5) is 17.6. The Kier molecular flexibility index (Phi) is 4.93. The van der Waals surface area contributed by atoms with Crippen molar-refractivity contribution in [1.29, 1.82) is 0 Å². The summed E-state index contributed by atoms with van der Waals surface area (Å²) in [6, 6.07) is 4.40. The van der Waals surface area contributed by atoms with E-state index in [0.717, 1.165) is 57.2 Å². The van der Waals surface area contributed by atoms with E-state index in [1.165, 1.54) is 24.1 Å². The quantitative estimate of drug-likeness (QED) is 0.808. The maximum Gasteiger partial charge on any atom is 0.303 e. The third kappa shape index (κ3) is 3.97. The van der Waals surface area contributed by atoms with Crippen LogP contribution in [0.2, 0.25) is 0 Å². The van der Waals surface area contributed by atoms with Crippen LogP contribution in [0.1, 0.15) is 36.9 Å². The molecule has 1 fully saturated rings. The predicted octanol–water partition coefficient (Wildman–Crippen LogP) is 2.17. The van der Waals surface area contributed by atoms with E-state index >= 15 is 0 Å². The lowest BCUT2D eigenvalue weighted by molar-refractivity contribution is -0.137. The van der Waals surface area contributed by atoms with Gasteiger partial charge >= 0.3 is 5.97 Å². The van der Waals surface area contributed by atoms with Gasteiger partial charge in [0.2, 0.25) is 0 Å². The first-order valence-electron chi connectivity index (χ1n) is 8.37. The minimum atomic E-state index is -0.691. The molecule has 0 atom stereocenters. The first-order chi connectivity index (χ1) is 10.7. The molecular formula is C17H25N3O2. The van der Waals surface area contributed by atoms with Gasteiger partial charge in [-0.3, -0.25) is 4.79 Å². The Balaban J connectivity index is 1.37. The van der Waals surface area contributed by atoms with Gasteiger partial charge in [-0.05, 0) is 56.2 Å². The highest BCUT2D eigenvalue weighted by Crippen LogP contribution is 2.23. The number of rotatable bonds is 7. The second-order valence-electron chi connectivity index (χ2n) is 6.50. The number of pyridine rings is 1. The Bertz CT molecular complexity index is 527. The van der Waals surface area contributed by atoms with Crippen molar-refractivity contribution in [3.8, 4) is 0 Å². The number of carboxylic acid groups (broad SMARTS) is 1. The molecule has 2 aliphatic rings. The molecule has 5 nitrogen and oxygen atoms in total. The molecule has 0 bridgehead atoms. The van der Waals surface area contributed by atoms with Crippen molar-refractivity contribution in [3.05, 3.63) is 23.4 Å². The molecule has 3 rings (SSSR count). The molecule has 5 heteroatoms. The van der Waals surface area contributed by atoms with E-state index in [-0.39, 0.29) is 6.42 Å². The summed E-state index contributed by atoms with van der Waals surface area (Å²) in [5.74, 6) is 1.15. The van der Waals surface area contributed by atoms with Crippen molar-refractivity contribution in [3.63, 3.8) is 0 Å². The molecule has 1 aromatic heterocycles. The van der Waals surface area contributed by atoms with Gasteiger partial charge in [0.15, 0.2) is 0 Å². The Morgan fingerprint density at radius 2 is 2.27 bits per heavy atom. The van der Waals surface area contributed by atoms with Crippen LogP contribution in [0, 0.1) is 5.92 Å². The summed E-state index contributed by atoms with van der Waals surface area (Å²) in [5, 5.41) is 12.0. The van der Waals surface area contributed by atoms with Crippen LogP contribution in [0.3, 0.4) is 0 Å². The Morgan fingerprint density at radius 3 is 3.09 bits per heavy atom. The standard InChI is InChI=1S/C17H25N3O2/c21-16(22)4-2-10-20-11-13(12-20)5-7-15-8-6-14-3-1-9-18-17(14)19-15/h6,8,13H,1-5,7,9-12H2,(H,18,19)(H,21,22). The number of aliphatic carboxylic acids is 1. The zero-order chi connectivity index (χ0) is 15.4. The molecule has 22 heavy (non-hydrogen) atoms. The lowest BCUT2D eigenvalue weighted by Gasteiger charge is -2.39. The average molecular weight is 303 g/mol. The number of fused-ring (bicyclic) bond motifs is 1. The normalized spacial score (nSPS) is 18.4. The van der Waals surface area contributed by atoms with Gasteiger partial charge < -0.3 is 15.3 Å². The van der Waals surface area contributed by atoms with Crippen molar-refractivity contribution in [1.82, 2.24) is 9.88 Å². The van der Waals surface area contributed by atoms with Gasteiger partial charge in [-0.25, -0.2) is 4.98 Å². The van der Waals surface area contributed by atoms with E-state index in [9.17, 15) is 4.79 Å². The van der Waals surface area contributed by atoms with E-state index in [0.29, 0.717) is 0 Å². The third-order valence-corrected chi connectivity index (χ3v) is 4.66. The van der Waals surface area contributed by atoms with Crippen LogP contribution in [0.25, 0.3) is 0 Å². The molecule has 2 N–H and O–H groups in total. The van der Waals surface area contributed by atoms with Gasteiger partial charge in [-0.2, -0.15) is 0 Å². The van der Waals surface area contributed by atoms with Gasteiger partial charge in [0, 0.05) is 31.7 Å². The second-order valence-corrected chi connectivity index (χ2v) is 6.50. The van der Waals surface area contributed by atoms with E-state index in [1.54, 1.807) is 0 Å². The zero-order valence-corrected chi connectivity index (χ0v) is 13.1. The van der Waals surface area contributed by atoms with Crippen molar-refractivity contribution in [2.45, 2.75) is 38.5 Å². The summed E-state index contributed by atoms with van der Waals surface area (Å²) in [7, 11) is 0. The lowest BCUT2D eigenvalue weighted by atomic mass is 9.93. The number of aryl methyl sites for hydroxylation is 2. The summed E-state index contributed by atoms with van der Waals surface area (Å²) in [6.45, 7) is 4.19. The molecule has 1 aromatic rings. The number of aromatic nitrogens is 1. The van der Waals surface area contributed by atoms with Gasteiger partial charge in [-0.1, -0.05) is 6.07 Å². The van der Waals surface area contributed by atoms with Crippen LogP contribution >= 0.6 is 0 Å². The van der Waals surface area contributed by atoms with E-state index in [4.69, 9.17) is 10.1 Å². The van der Waals surface area contributed by atoms with Gasteiger partial charge in [-0.15, -0.1) is 0 Å². The molecular weight excluding hydrogens is 278 g/mol. The van der Waals surface area contributed by atoms with Crippen molar-refractivity contribution in [2.24, 2.45) is 5.92 Å². The van der Waals surface area contributed by atoms with Crippen LogP contribution in [-0.2, 0) is 17.6 Å². The fraction of sp³-hybridized carbons (Fsp3) is 0.647. The number of hydrogen-bond donors (Lipinski definition) is 2. The largest absolute Gasteiger partial charge is 0.481 e. The van der Waals surface area contributed by atoms with E-state index in [1.807, 2.05) is 0 Å². The van der Waals surface area contributed by atoms with Crippen LogP contribution in [0.4, 0.5) is 5.82 Å². The van der Waals surface area contributed by atoms with Crippen LogP contribution in [-0.4, -0.2) is 47.1 Å². The average Bonchev–Trinajstić information content (AvgIpc) is 2.48. The van der Waals surface area contributed by atoms with Crippen LogP contribution < -0.4 is 5.32 Å². The Morgan fingerprint density at radius 1 is 1.41 bits per heavy atom. The molecule has 0 radical (unpaired) electrons. The number of nitrogens with one attached hydrogen (secondary N) is 1. The first-order valence-corrected chi connectivity index (χ1v) is 8.37. The number of nitrogens with zero attached hydrogens (tertiary/aromatic N) is 2. The van der Waals surface area contributed by atoms with Crippen molar-refractivity contribution in [2.75, 3.05) is 31.5 Å². The molecule has 2 aliphatic heterocycles. The number of carbonyl (C=O) groups is 1. The van der Waals surface area contributed by atoms with Gasteiger partial charge in [0.1, 0.15) is 5.82 Å². The number of hydrogen-bond acceptors (Lipinski definition) is 4. The maximum absolute atomic E-state index is 10.5. The minimum absolute atomic E-state index is 0.285. The molecule has 0 spiro atoms. The van der Waals surface area contributed by atoms with Gasteiger partial charge in [0.25, 0.3) is 0 Å². The fourth-order valence-corrected chi connectivity index (χ4v) is 3.36. The van der Waals surface area contributed by atoms with E-state index < -0.39 is 5.97 Å². The molecule has 0 aliphatic carbocycles. The first kappa shape index (κ1) is 15.3. The van der Waals surface area contributed by atoms with Crippen LogP contribution in [0.15, 0.2) is 12.1 Å². The fourth-order valence-electron chi connectivity index (χ4n) is 3.36. The molecule has 0 aromatic carbocycles. The monoisotopic (exact) mass is 303 g/mol. The van der Waals surface area contributed by atoms with Crippen LogP contribution in [0.5, 0.6) is 0 Å². The topological polar surface area (TPSA) is 65.5 Å². The van der Waals surface area contributed by atoms with E-state index in [2.05, 4.69) is 22.3 Å². The number of carboxylic acids is 1. The molecule has 1 saturated heterocycles. The lowest BCUT2D eigenvalue weighted by Crippen LogP contribution is -2.47. The van der Waals surface area contributed by atoms with Crippen molar-refractivity contribution < 1.29 is 9.90 Å². The molecule has 0 amide bonds. The minimum Gasteiger partial charge on any atom is -0.481 e. The van der Waals surface area contributed by atoms with Crippen molar-refractivity contribution >= 4 is 11.8 Å². The summed E-state index contributed by atoms with van der Waals surface area (Å²) < 4.78 is 0. The SMILES string of the molecule is O=C(O)CCCN1CC(CCc2ccc3c(n2)NCCC3)C1. The molecule has 120 valence electrons. The summed E-state index contributed by atoms with van der Waals surface area (Å²) in [5.41, 5.74) is 2.54. The molecule has 3 heterocycles. The highest BCUT2D eigenvalue weighted by molar-refractivity contribution is 5.66. The number of anilines is 1. The molecule has 0 saturated carbocycles. The van der Waals surface area contributed by atoms with Gasteiger partial charge in [0.05, 0.1) is 0 Å². The summed E-state index contributed by atoms with van der Waals surface area (Å²) in [6.07, 6.45) is 5.62. The zero-order valence-electron chi connectivity index (χ0n) is 13.1. The smallest absolute Gasteiger partial charge is 0.303 e. The summed E-state index contributed by atoms with van der Waals surface area (Å²) >= 11 is 0.